The number of aromatic nitrogens is 1. The Morgan fingerprint density at radius 2 is 1.76 bits per heavy atom. The van der Waals surface area contributed by atoms with Gasteiger partial charge in [0, 0.05) is 36.2 Å². The Labute approximate surface area is 331 Å². The average Bonchev–Trinajstić information content (AvgIpc) is 3.52. The Kier molecular flexibility index (Phi) is 18.6. The quantitative estimate of drug-likeness (QED) is 0.0977. The Balaban J connectivity index is 1.81. The van der Waals surface area contributed by atoms with Crippen LogP contribution in [0, 0.1) is 17.8 Å². The molecule has 2 heterocycles. The summed E-state index contributed by atoms with van der Waals surface area (Å²) < 4.78 is 5.67. The zero-order chi connectivity index (χ0) is 40.7. The molecule has 306 valence electrons. The van der Waals surface area contributed by atoms with Crippen LogP contribution in [0.4, 0.5) is 0 Å². The highest BCUT2D eigenvalue weighted by Gasteiger charge is 2.37. The van der Waals surface area contributed by atoms with Crippen molar-refractivity contribution >= 4 is 40.9 Å². The summed E-state index contributed by atoms with van der Waals surface area (Å²) in [7, 11) is 1.96. The molecule has 1 saturated heterocycles. The fourth-order valence-electron chi connectivity index (χ4n) is 7.00. The second-order valence-electron chi connectivity index (χ2n) is 15.5. The van der Waals surface area contributed by atoms with E-state index in [1.807, 2.05) is 41.7 Å². The largest absolute Gasteiger partial charge is 0.508 e. The van der Waals surface area contributed by atoms with Crippen molar-refractivity contribution in [2.24, 2.45) is 23.5 Å². The van der Waals surface area contributed by atoms with Crippen LogP contribution in [-0.2, 0) is 36.8 Å². The minimum absolute atomic E-state index is 0.0364. The lowest BCUT2D eigenvalue weighted by Gasteiger charge is -2.38. The van der Waals surface area contributed by atoms with Crippen LogP contribution in [0.25, 0.3) is 0 Å². The summed E-state index contributed by atoms with van der Waals surface area (Å²) >= 11 is 1.34. The number of aromatic hydroxyl groups is 1. The van der Waals surface area contributed by atoms with Gasteiger partial charge in [0.15, 0.2) is 6.73 Å². The number of nitrogens with zero attached hydrogens (tertiary/aromatic N) is 3. The number of phenols is 1. The summed E-state index contributed by atoms with van der Waals surface area (Å²) in [6, 6.07) is 4.79. The molecule has 5 N–H and O–H groups in total. The molecule has 13 nitrogen and oxygen atoms in total. The number of esters is 1. The number of thiazole rings is 1. The fraction of sp³-hybridized carbons (Fsp3) is 0.659. The van der Waals surface area contributed by atoms with Gasteiger partial charge >= 0.3 is 5.97 Å². The fourth-order valence-corrected chi connectivity index (χ4v) is 7.79. The van der Waals surface area contributed by atoms with Gasteiger partial charge in [-0.15, -0.1) is 11.3 Å². The van der Waals surface area contributed by atoms with Gasteiger partial charge in [-0.2, -0.15) is 0 Å². The number of likely N-dealkylation sites (tertiary alicyclic amines) is 1. The van der Waals surface area contributed by atoms with Gasteiger partial charge in [0.05, 0.1) is 11.0 Å². The second-order valence-corrected chi connectivity index (χ2v) is 16.4. The van der Waals surface area contributed by atoms with Crippen LogP contribution in [0.15, 0.2) is 29.6 Å². The molecule has 6 atom stereocenters. The number of phenolic OH excluding ortho intramolecular Hbond substituents is 1. The summed E-state index contributed by atoms with van der Waals surface area (Å²) in [5.74, 6) is -2.22. The molecule has 0 spiro atoms. The van der Waals surface area contributed by atoms with Crippen molar-refractivity contribution in [2.45, 2.75) is 136 Å². The Hall–Kier alpha value is -4.04. The number of benzene rings is 1. The molecule has 1 unspecified atom stereocenters. The van der Waals surface area contributed by atoms with Gasteiger partial charge in [0.1, 0.15) is 17.5 Å². The molecule has 1 aromatic heterocycles. The minimum atomic E-state index is -0.803. The molecule has 55 heavy (non-hydrogen) atoms. The Morgan fingerprint density at radius 3 is 2.40 bits per heavy atom. The molecule has 0 saturated carbocycles. The van der Waals surface area contributed by atoms with Crippen molar-refractivity contribution in [1.29, 1.82) is 0 Å². The number of nitrogens with two attached hydrogens (primary N) is 1. The molecule has 0 radical (unpaired) electrons. The number of hydrogen-bond donors (Lipinski definition) is 4. The van der Waals surface area contributed by atoms with E-state index >= 15 is 0 Å². The maximum absolute atomic E-state index is 14.6. The van der Waals surface area contributed by atoms with Crippen molar-refractivity contribution < 1.29 is 33.8 Å². The number of primary amides is 1. The molecule has 0 bridgehead atoms. The third-order valence-electron chi connectivity index (χ3n) is 10.7. The molecule has 1 aliphatic heterocycles. The third kappa shape index (κ3) is 14.2. The number of nitrogens with one attached hydrogen (secondary N) is 2. The molecule has 2 aromatic rings. The maximum atomic E-state index is 14.6. The molecular weight excluding hydrogens is 721 g/mol. The lowest BCUT2D eigenvalue weighted by molar-refractivity contribution is -0.159. The van der Waals surface area contributed by atoms with E-state index in [1.165, 1.54) is 11.3 Å². The molecule has 0 aliphatic carbocycles. The predicted octanol–water partition coefficient (Wildman–Crippen LogP) is 5.19. The van der Waals surface area contributed by atoms with Gasteiger partial charge in [-0.1, -0.05) is 72.9 Å². The normalized spacial score (nSPS) is 17.6. The van der Waals surface area contributed by atoms with Crippen LogP contribution in [-0.4, -0.2) is 94.0 Å². The van der Waals surface area contributed by atoms with E-state index < -0.39 is 29.9 Å². The second kappa shape index (κ2) is 22.5. The topological polar surface area (TPSA) is 184 Å². The molecule has 1 aliphatic rings. The van der Waals surface area contributed by atoms with E-state index in [-0.39, 0.29) is 66.2 Å². The summed E-state index contributed by atoms with van der Waals surface area (Å²) in [5, 5.41) is 18.2. The standard InChI is InChI=1S/C41H64N6O7S/c1-8-13-36(49)54-25-47(41(53)37(27(5)9-2)45-40(52)34-14-11-10-12-21-46(34)7)33(26(3)4)19-20-35-44-32(24-55-35)39(51)43-30(22-28(6)38(42)50)23-29-15-17-31(48)18-16-29/h15-18,24,26-28,30,33-34,37,48H,8-14,19-23,25H2,1-7H3,(H2,42,50)(H,43,51)(H,45,52)/t27?,28-,30+,33+,34+,37-/m0/s1. The number of likely N-dealkylation sites (N-methyl/N-ethyl adjacent to an activating group) is 1. The summed E-state index contributed by atoms with van der Waals surface area (Å²) in [6.45, 7) is 12.2. The highest BCUT2D eigenvalue weighted by atomic mass is 32.1. The van der Waals surface area contributed by atoms with E-state index in [2.05, 4.69) is 20.5 Å². The molecule has 1 aromatic carbocycles. The summed E-state index contributed by atoms with van der Waals surface area (Å²) in [6.07, 6.45) is 6.99. The zero-order valence-electron chi connectivity index (χ0n) is 33.8. The van der Waals surface area contributed by atoms with Crippen molar-refractivity contribution in [3.05, 3.63) is 45.9 Å². The van der Waals surface area contributed by atoms with Gasteiger partial charge in [0.2, 0.25) is 17.7 Å². The highest BCUT2D eigenvalue weighted by molar-refractivity contribution is 7.09. The van der Waals surface area contributed by atoms with E-state index in [9.17, 15) is 29.1 Å². The number of carbonyl (C=O) groups is 5. The first-order valence-electron chi connectivity index (χ1n) is 19.9. The zero-order valence-corrected chi connectivity index (χ0v) is 34.7. The van der Waals surface area contributed by atoms with Crippen molar-refractivity contribution in [2.75, 3.05) is 20.3 Å². The molecule has 3 rings (SSSR count). The number of aryl methyl sites for hydroxylation is 1. The molecule has 14 heteroatoms. The van der Waals surface area contributed by atoms with Gasteiger partial charge in [-0.3, -0.25) is 28.9 Å². The van der Waals surface area contributed by atoms with Gasteiger partial charge in [0.25, 0.3) is 5.91 Å². The minimum Gasteiger partial charge on any atom is -0.508 e. The van der Waals surface area contributed by atoms with Crippen LogP contribution >= 0.6 is 11.3 Å². The highest BCUT2D eigenvalue weighted by Crippen LogP contribution is 2.24. The molecule has 4 amide bonds. The van der Waals surface area contributed by atoms with Gasteiger partial charge < -0.3 is 31.1 Å². The van der Waals surface area contributed by atoms with Crippen LogP contribution in [0.1, 0.15) is 120 Å². The number of amides is 4. The number of rotatable bonds is 21. The summed E-state index contributed by atoms with van der Waals surface area (Å²) in [5.41, 5.74) is 6.67. The number of ether oxygens (including phenoxy) is 1. The predicted molar refractivity (Wildman–Crippen MR) is 214 cm³/mol. The number of carbonyl (C=O) groups excluding carboxylic acids is 5. The lowest BCUT2D eigenvalue weighted by atomic mass is 9.93. The van der Waals surface area contributed by atoms with Crippen LogP contribution in [0.2, 0.25) is 0 Å². The Bertz CT molecular complexity index is 1550. The first-order chi connectivity index (χ1) is 26.1. The third-order valence-corrected chi connectivity index (χ3v) is 11.6. The van der Waals surface area contributed by atoms with E-state index in [1.54, 1.807) is 41.5 Å². The molecular formula is C41H64N6O7S. The van der Waals surface area contributed by atoms with Crippen molar-refractivity contribution in [3.8, 4) is 5.75 Å². The van der Waals surface area contributed by atoms with E-state index in [0.717, 1.165) is 37.8 Å². The first kappa shape index (κ1) is 45.4. The van der Waals surface area contributed by atoms with Crippen molar-refractivity contribution in [3.63, 3.8) is 0 Å². The number of hydrogen-bond acceptors (Lipinski definition) is 10. The monoisotopic (exact) mass is 784 g/mol. The first-order valence-corrected chi connectivity index (χ1v) is 20.8. The Morgan fingerprint density at radius 1 is 1.05 bits per heavy atom. The van der Waals surface area contributed by atoms with Crippen LogP contribution in [0.5, 0.6) is 5.75 Å². The van der Waals surface area contributed by atoms with Crippen LogP contribution < -0.4 is 16.4 Å². The van der Waals surface area contributed by atoms with E-state index in [0.29, 0.717) is 43.5 Å². The van der Waals surface area contributed by atoms with Gasteiger partial charge in [-0.05, 0) is 81.6 Å². The maximum Gasteiger partial charge on any atom is 0.307 e. The average molecular weight is 785 g/mol. The lowest BCUT2D eigenvalue weighted by Crippen LogP contribution is -2.58. The smallest absolute Gasteiger partial charge is 0.307 e. The SMILES string of the molecule is CCCC(=O)OCN(C(=O)[C@@H](NC(=O)[C@H]1CCCCCN1C)C(C)CC)[C@H](CCc1nc(C(=O)N[C@@H](Cc2ccc(O)cc2)C[C@H](C)C(N)=O)cs1)C(C)C. The summed E-state index contributed by atoms with van der Waals surface area (Å²) in [4.78, 5) is 74.6. The molecule has 1 fully saturated rings. The van der Waals surface area contributed by atoms with Crippen molar-refractivity contribution in [1.82, 2.24) is 25.4 Å². The van der Waals surface area contributed by atoms with Gasteiger partial charge in [-0.25, -0.2) is 4.98 Å². The van der Waals surface area contributed by atoms with E-state index in [4.69, 9.17) is 10.5 Å². The van der Waals surface area contributed by atoms with Crippen LogP contribution in [0.3, 0.4) is 0 Å².